The Balaban J connectivity index is 1.56. The van der Waals surface area contributed by atoms with E-state index in [0.29, 0.717) is 39.4 Å². The summed E-state index contributed by atoms with van der Waals surface area (Å²) in [7, 11) is 1.92. The molecule has 0 spiro atoms. The monoisotopic (exact) mass is 432 g/mol. The molecule has 4 heterocycles. The Kier molecular flexibility index (Phi) is 6.52. The molecule has 4 rings (SSSR count). The molecular weight excluding hydrogens is 396 g/mol. The average Bonchev–Trinajstić information content (AvgIpc) is 3.25. The number of amides is 3. The number of aromatic nitrogens is 2. The smallest absolute Gasteiger partial charge is 0.317 e. The van der Waals surface area contributed by atoms with Crippen molar-refractivity contribution in [2.24, 2.45) is 18.4 Å². The third-order valence-electron chi connectivity index (χ3n) is 6.85. The van der Waals surface area contributed by atoms with Gasteiger partial charge in [0.2, 0.25) is 5.91 Å². The second-order valence-corrected chi connectivity index (χ2v) is 9.60. The van der Waals surface area contributed by atoms with Crippen LogP contribution in [-0.4, -0.2) is 94.9 Å². The van der Waals surface area contributed by atoms with Gasteiger partial charge in [-0.3, -0.25) is 14.4 Å². The van der Waals surface area contributed by atoms with E-state index >= 15 is 0 Å². The summed E-state index contributed by atoms with van der Waals surface area (Å²) >= 11 is 0. The summed E-state index contributed by atoms with van der Waals surface area (Å²) in [5.74, 6) is 0.375. The van der Waals surface area contributed by atoms with Crippen LogP contribution in [0.3, 0.4) is 0 Å². The van der Waals surface area contributed by atoms with Gasteiger partial charge in [-0.1, -0.05) is 0 Å². The number of carbonyl (C=O) groups excluding carboxylic acids is 2. The first-order valence-corrected chi connectivity index (χ1v) is 11.5. The van der Waals surface area contributed by atoms with Crippen molar-refractivity contribution >= 4 is 11.9 Å². The first kappa shape index (κ1) is 22.1. The van der Waals surface area contributed by atoms with E-state index in [1.165, 1.54) is 0 Å². The average molecular weight is 433 g/mol. The van der Waals surface area contributed by atoms with Gasteiger partial charge < -0.3 is 19.9 Å². The van der Waals surface area contributed by atoms with Crippen molar-refractivity contribution in [3.8, 4) is 0 Å². The summed E-state index contributed by atoms with van der Waals surface area (Å²) in [5, 5.41) is 7.32. The fraction of sp³-hybridized carbons (Fsp3) is 0.773. The zero-order chi connectivity index (χ0) is 22.0. The van der Waals surface area contributed by atoms with E-state index < -0.39 is 5.41 Å². The minimum absolute atomic E-state index is 0.0182. The number of hydrogen-bond acceptors (Lipinski definition) is 5. The van der Waals surface area contributed by atoms with Crippen molar-refractivity contribution in [2.45, 2.75) is 39.3 Å². The predicted molar refractivity (Wildman–Crippen MR) is 116 cm³/mol. The summed E-state index contributed by atoms with van der Waals surface area (Å²) in [6, 6.07) is 0.0801. The number of nitrogens with zero attached hydrogens (tertiary/aromatic N) is 5. The van der Waals surface area contributed by atoms with Gasteiger partial charge in [-0.05, 0) is 26.7 Å². The van der Waals surface area contributed by atoms with Gasteiger partial charge in [-0.15, -0.1) is 0 Å². The second-order valence-electron chi connectivity index (χ2n) is 9.60. The maximum Gasteiger partial charge on any atom is 0.317 e. The van der Waals surface area contributed by atoms with Gasteiger partial charge in [-0.25, -0.2) is 4.79 Å². The zero-order valence-corrected chi connectivity index (χ0v) is 19.0. The van der Waals surface area contributed by atoms with E-state index in [2.05, 4.69) is 15.3 Å². The standard InChI is InChI=1S/C22H36N6O3/c1-17(2)24-21(30)28-6-4-5-22(20(29)27-7-9-31-10-8-27)16-26(14-19(22)15-28)13-18-11-23-25(3)12-18/h11-12,17,19H,4-10,13-16H2,1-3H3,(H,24,30)/t19-,22+/m1/s1. The van der Waals surface area contributed by atoms with Crippen LogP contribution >= 0.6 is 0 Å². The molecule has 0 saturated carbocycles. The van der Waals surface area contributed by atoms with Crippen molar-refractivity contribution in [3.63, 3.8) is 0 Å². The number of urea groups is 1. The minimum atomic E-state index is -0.438. The van der Waals surface area contributed by atoms with Crippen LogP contribution < -0.4 is 5.32 Å². The number of nitrogens with one attached hydrogen (secondary N) is 1. The molecule has 9 nitrogen and oxygen atoms in total. The van der Waals surface area contributed by atoms with Crippen molar-refractivity contribution in [3.05, 3.63) is 18.0 Å². The Morgan fingerprint density at radius 1 is 1.23 bits per heavy atom. The van der Waals surface area contributed by atoms with Gasteiger partial charge in [0.15, 0.2) is 0 Å². The Morgan fingerprint density at radius 2 is 2.00 bits per heavy atom. The largest absolute Gasteiger partial charge is 0.378 e. The van der Waals surface area contributed by atoms with Crippen LogP contribution in [0.25, 0.3) is 0 Å². The van der Waals surface area contributed by atoms with Crippen LogP contribution in [0, 0.1) is 11.3 Å². The summed E-state index contributed by atoms with van der Waals surface area (Å²) in [4.78, 5) is 32.9. The molecule has 3 aliphatic heterocycles. The van der Waals surface area contributed by atoms with Crippen molar-refractivity contribution < 1.29 is 14.3 Å². The molecule has 3 saturated heterocycles. The quantitative estimate of drug-likeness (QED) is 0.765. The third-order valence-corrected chi connectivity index (χ3v) is 6.85. The maximum absolute atomic E-state index is 13.9. The molecule has 0 bridgehead atoms. The topological polar surface area (TPSA) is 82.9 Å². The highest BCUT2D eigenvalue weighted by Crippen LogP contribution is 2.44. The maximum atomic E-state index is 13.9. The fourth-order valence-electron chi connectivity index (χ4n) is 5.42. The Hall–Kier alpha value is -2.13. The van der Waals surface area contributed by atoms with Crippen LogP contribution in [0.4, 0.5) is 4.79 Å². The second kappa shape index (κ2) is 9.16. The lowest BCUT2D eigenvalue weighted by molar-refractivity contribution is -0.148. The van der Waals surface area contributed by atoms with Crippen LogP contribution in [0.15, 0.2) is 12.4 Å². The number of fused-ring (bicyclic) bond motifs is 1. The number of likely N-dealkylation sites (tertiary alicyclic amines) is 2. The van der Waals surface area contributed by atoms with Gasteiger partial charge >= 0.3 is 6.03 Å². The van der Waals surface area contributed by atoms with Crippen molar-refractivity contribution in [1.29, 1.82) is 0 Å². The van der Waals surface area contributed by atoms with Crippen molar-refractivity contribution in [1.82, 2.24) is 29.8 Å². The highest BCUT2D eigenvalue weighted by atomic mass is 16.5. The number of carbonyl (C=O) groups is 2. The molecule has 1 aromatic heterocycles. The Labute approximate surface area is 184 Å². The first-order chi connectivity index (χ1) is 14.9. The molecule has 0 aliphatic carbocycles. The number of aryl methyl sites for hydroxylation is 1. The minimum Gasteiger partial charge on any atom is -0.378 e. The van der Waals surface area contributed by atoms with Gasteiger partial charge in [0.1, 0.15) is 0 Å². The third kappa shape index (κ3) is 4.72. The highest BCUT2D eigenvalue weighted by molar-refractivity contribution is 5.84. The Bertz CT molecular complexity index is 790. The molecular formula is C22H36N6O3. The normalized spacial score (nSPS) is 27.3. The Morgan fingerprint density at radius 3 is 2.68 bits per heavy atom. The van der Waals surface area contributed by atoms with E-state index in [1.54, 1.807) is 0 Å². The molecule has 3 aliphatic rings. The van der Waals surface area contributed by atoms with Gasteiger partial charge in [0, 0.05) is 76.6 Å². The number of morpholine rings is 1. The van der Waals surface area contributed by atoms with Crippen LogP contribution in [0.1, 0.15) is 32.3 Å². The molecule has 3 fully saturated rings. The van der Waals surface area contributed by atoms with E-state index in [9.17, 15) is 9.59 Å². The zero-order valence-electron chi connectivity index (χ0n) is 19.0. The number of ether oxygens (including phenoxy) is 1. The van der Waals surface area contributed by atoms with E-state index in [0.717, 1.165) is 38.0 Å². The number of hydrogen-bond donors (Lipinski definition) is 1. The molecule has 3 amide bonds. The molecule has 31 heavy (non-hydrogen) atoms. The molecule has 0 aromatic carbocycles. The molecule has 0 radical (unpaired) electrons. The van der Waals surface area contributed by atoms with Crippen LogP contribution in [0.2, 0.25) is 0 Å². The first-order valence-electron chi connectivity index (χ1n) is 11.5. The summed E-state index contributed by atoms with van der Waals surface area (Å²) in [5.41, 5.74) is 0.717. The van der Waals surface area contributed by atoms with E-state index in [4.69, 9.17) is 4.74 Å². The molecule has 1 aromatic rings. The summed E-state index contributed by atoms with van der Waals surface area (Å²) in [6.07, 6.45) is 5.60. The summed E-state index contributed by atoms with van der Waals surface area (Å²) in [6.45, 7) is 10.2. The highest BCUT2D eigenvalue weighted by Gasteiger charge is 2.54. The lowest BCUT2D eigenvalue weighted by atomic mass is 9.73. The van der Waals surface area contributed by atoms with Crippen LogP contribution in [-0.2, 0) is 23.1 Å². The molecule has 172 valence electrons. The lowest BCUT2D eigenvalue weighted by Crippen LogP contribution is -2.53. The SMILES string of the molecule is CC(C)NC(=O)N1CCC[C@]2(C(=O)N3CCOCC3)CN(Cc3cnn(C)c3)C[C@@H]2C1. The van der Waals surface area contributed by atoms with Gasteiger partial charge in [0.25, 0.3) is 0 Å². The van der Waals surface area contributed by atoms with E-state index in [-0.39, 0.29) is 23.9 Å². The predicted octanol–water partition coefficient (Wildman–Crippen LogP) is 0.911. The molecule has 9 heteroatoms. The van der Waals surface area contributed by atoms with E-state index in [1.807, 2.05) is 47.8 Å². The molecule has 0 unspecified atom stereocenters. The molecule has 2 atom stereocenters. The summed E-state index contributed by atoms with van der Waals surface area (Å²) < 4.78 is 7.30. The lowest BCUT2D eigenvalue weighted by Gasteiger charge is -2.39. The van der Waals surface area contributed by atoms with Gasteiger partial charge in [-0.2, -0.15) is 5.10 Å². The van der Waals surface area contributed by atoms with Crippen LogP contribution in [0.5, 0.6) is 0 Å². The van der Waals surface area contributed by atoms with Gasteiger partial charge in [0.05, 0.1) is 24.8 Å². The van der Waals surface area contributed by atoms with Crippen molar-refractivity contribution in [2.75, 3.05) is 52.5 Å². The fourth-order valence-corrected chi connectivity index (χ4v) is 5.42. The number of rotatable bonds is 4. The molecule has 1 N–H and O–H groups in total.